The normalized spacial score (nSPS) is 12.2. The highest BCUT2D eigenvalue weighted by Gasteiger charge is 2.37. The van der Waals surface area contributed by atoms with E-state index in [0.29, 0.717) is 10.9 Å². The van der Waals surface area contributed by atoms with E-state index < -0.39 is 33.8 Å². The van der Waals surface area contributed by atoms with Crippen LogP contribution in [0.5, 0.6) is 0 Å². The molecule has 1 aliphatic rings. The van der Waals surface area contributed by atoms with Crippen LogP contribution in [0.2, 0.25) is 0 Å². The third kappa shape index (κ3) is 3.04. The number of carbonyl (C=O) groups excluding carboxylic acids is 3. The van der Waals surface area contributed by atoms with E-state index in [4.69, 9.17) is 5.73 Å². The molecule has 33 heavy (non-hydrogen) atoms. The lowest BCUT2D eigenvalue weighted by molar-refractivity contribution is -0.383. The monoisotopic (exact) mass is 437 g/mol. The molecule has 1 amide bonds. The second-order valence-corrected chi connectivity index (χ2v) is 7.55. The number of ketones is 2. The lowest BCUT2D eigenvalue weighted by Crippen LogP contribution is -2.26. The van der Waals surface area contributed by atoms with Crippen LogP contribution in [-0.2, 0) is 0 Å². The number of carbonyl (C=O) groups is 3. The zero-order valence-corrected chi connectivity index (χ0v) is 17.0. The summed E-state index contributed by atoms with van der Waals surface area (Å²) in [5, 5.41) is 15.8. The van der Waals surface area contributed by atoms with Crippen LogP contribution in [0, 0.1) is 10.1 Å². The van der Waals surface area contributed by atoms with Gasteiger partial charge in [0.25, 0.3) is 11.6 Å². The second-order valence-electron chi connectivity index (χ2n) is 7.55. The first kappa shape index (κ1) is 20.1. The summed E-state index contributed by atoms with van der Waals surface area (Å²) < 4.78 is 0. The summed E-state index contributed by atoms with van der Waals surface area (Å²) in [6.07, 6.45) is 0. The van der Waals surface area contributed by atoms with E-state index in [1.54, 1.807) is 36.4 Å². The summed E-state index contributed by atoms with van der Waals surface area (Å²) in [5.41, 5.74) is 4.98. The van der Waals surface area contributed by atoms with Crippen LogP contribution in [0.25, 0.3) is 10.8 Å². The topological polar surface area (TPSA) is 132 Å². The standard InChI is InChI=1S/C25H15N3O5/c26-22-19(28(32)33)12-18(20-21(22)24(30)16-10-4-3-9-15(16)23(20)29)27-25(31)17-11-5-7-13-6-1-2-8-14(13)17/h1-12H,26H2,(H,27,31). The number of nitrogens with one attached hydrogen (secondary N) is 1. The molecule has 160 valence electrons. The Morgan fingerprint density at radius 2 is 1.45 bits per heavy atom. The highest BCUT2D eigenvalue weighted by molar-refractivity contribution is 6.33. The summed E-state index contributed by atoms with van der Waals surface area (Å²) in [6.45, 7) is 0. The molecule has 0 atom stereocenters. The molecule has 0 bridgehead atoms. The lowest BCUT2D eigenvalue weighted by Gasteiger charge is -2.22. The molecule has 0 heterocycles. The molecule has 0 fully saturated rings. The van der Waals surface area contributed by atoms with E-state index in [2.05, 4.69) is 5.32 Å². The number of benzene rings is 4. The fourth-order valence-electron chi connectivity index (χ4n) is 4.17. The van der Waals surface area contributed by atoms with Gasteiger partial charge >= 0.3 is 0 Å². The predicted octanol–water partition coefficient (Wildman–Crippen LogP) is 4.36. The molecule has 5 rings (SSSR count). The van der Waals surface area contributed by atoms with Crippen molar-refractivity contribution >= 4 is 45.3 Å². The van der Waals surface area contributed by atoms with Gasteiger partial charge in [0.05, 0.1) is 21.7 Å². The predicted molar refractivity (Wildman–Crippen MR) is 123 cm³/mol. The molecule has 1 aliphatic carbocycles. The third-order valence-corrected chi connectivity index (χ3v) is 5.70. The maximum atomic E-state index is 13.3. The second kappa shape index (κ2) is 7.38. The highest BCUT2D eigenvalue weighted by atomic mass is 16.6. The molecule has 8 heteroatoms. The van der Waals surface area contributed by atoms with Crippen LogP contribution < -0.4 is 11.1 Å². The first-order chi connectivity index (χ1) is 15.9. The quantitative estimate of drug-likeness (QED) is 0.245. The Balaban J connectivity index is 1.71. The van der Waals surface area contributed by atoms with Crippen molar-refractivity contribution in [3.05, 3.63) is 111 Å². The molecular formula is C25H15N3O5. The summed E-state index contributed by atoms with van der Waals surface area (Å²) in [5.74, 6) is -1.73. The Morgan fingerprint density at radius 1 is 0.848 bits per heavy atom. The third-order valence-electron chi connectivity index (χ3n) is 5.70. The van der Waals surface area contributed by atoms with Crippen molar-refractivity contribution in [2.45, 2.75) is 0 Å². The van der Waals surface area contributed by atoms with Gasteiger partial charge < -0.3 is 11.1 Å². The highest BCUT2D eigenvalue weighted by Crippen LogP contribution is 2.40. The van der Waals surface area contributed by atoms with Gasteiger partial charge in [-0.1, -0.05) is 60.7 Å². The van der Waals surface area contributed by atoms with Crippen molar-refractivity contribution in [3.8, 4) is 0 Å². The molecule has 4 aromatic rings. The molecule has 0 saturated heterocycles. The number of anilines is 2. The van der Waals surface area contributed by atoms with E-state index >= 15 is 0 Å². The van der Waals surface area contributed by atoms with E-state index in [-0.39, 0.29) is 27.9 Å². The number of fused-ring (bicyclic) bond motifs is 3. The number of rotatable bonds is 3. The van der Waals surface area contributed by atoms with Crippen molar-refractivity contribution in [1.82, 2.24) is 0 Å². The van der Waals surface area contributed by atoms with Crippen LogP contribution in [0.15, 0.2) is 72.8 Å². The van der Waals surface area contributed by atoms with Gasteiger partial charge in [-0.05, 0) is 16.8 Å². The van der Waals surface area contributed by atoms with Gasteiger partial charge in [0.1, 0.15) is 5.69 Å². The van der Waals surface area contributed by atoms with Crippen LogP contribution >= 0.6 is 0 Å². The van der Waals surface area contributed by atoms with E-state index in [9.17, 15) is 24.5 Å². The van der Waals surface area contributed by atoms with Crippen molar-refractivity contribution < 1.29 is 19.3 Å². The maximum Gasteiger partial charge on any atom is 0.295 e. The number of nitro groups is 1. The van der Waals surface area contributed by atoms with Crippen molar-refractivity contribution in [2.24, 2.45) is 0 Å². The van der Waals surface area contributed by atoms with Crippen molar-refractivity contribution in [2.75, 3.05) is 11.1 Å². The largest absolute Gasteiger partial charge is 0.393 e. The van der Waals surface area contributed by atoms with Crippen LogP contribution in [0.1, 0.15) is 42.2 Å². The fraction of sp³-hybridized carbons (Fsp3) is 0. The minimum absolute atomic E-state index is 0.105. The summed E-state index contributed by atoms with van der Waals surface area (Å²) in [7, 11) is 0. The Kier molecular flexibility index (Phi) is 4.49. The molecule has 3 N–H and O–H groups in total. The van der Waals surface area contributed by atoms with E-state index in [1.807, 2.05) is 18.2 Å². The van der Waals surface area contributed by atoms with Gasteiger partial charge in [-0.15, -0.1) is 0 Å². The number of hydrogen-bond acceptors (Lipinski definition) is 6. The number of nitrogens with zero attached hydrogens (tertiary/aromatic N) is 1. The summed E-state index contributed by atoms with van der Waals surface area (Å²) in [4.78, 5) is 50.6. The van der Waals surface area contributed by atoms with Gasteiger partial charge in [0.2, 0.25) is 0 Å². The molecular weight excluding hydrogens is 422 g/mol. The molecule has 0 aromatic heterocycles. The number of nitrogen functional groups attached to an aromatic ring is 1. The average molecular weight is 437 g/mol. The minimum atomic E-state index is -0.749. The fourth-order valence-corrected chi connectivity index (χ4v) is 4.17. The van der Waals surface area contributed by atoms with Crippen LogP contribution in [0.4, 0.5) is 17.1 Å². The van der Waals surface area contributed by atoms with Crippen LogP contribution in [-0.4, -0.2) is 22.4 Å². The minimum Gasteiger partial charge on any atom is -0.393 e. The Morgan fingerprint density at radius 3 is 2.15 bits per heavy atom. The van der Waals surface area contributed by atoms with Crippen LogP contribution in [0.3, 0.4) is 0 Å². The number of nitrogens with two attached hydrogens (primary N) is 1. The summed E-state index contributed by atoms with van der Waals surface area (Å²) >= 11 is 0. The Hall–Kier alpha value is -4.85. The zero-order valence-electron chi connectivity index (χ0n) is 17.0. The summed E-state index contributed by atoms with van der Waals surface area (Å²) in [6, 6.07) is 19.6. The number of hydrogen-bond donors (Lipinski definition) is 2. The van der Waals surface area contributed by atoms with E-state index in [0.717, 1.165) is 11.5 Å². The molecule has 0 saturated carbocycles. The zero-order chi connectivity index (χ0) is 23.3. The number of nitro benzene ring substituents is 1. The van der Waals surface area contributed by atoms with Gasteiger partial charge in [0, 0.05) is 22.8 Å². The molecule has 4 aromatic carbocycles. The van der Waals surface area contributed by atoms with Crippen molar-refractivity contribution in [3.63, 3.8) is 0 Å². The van der Waals surface area contributed by atoms with Gasteiger partial charge in [-0.3, -0.25) is 24.5 Å². The van der Waals surface area contributed by atoms with Gasteiger partial charge in [-0.25, -0.2) is 0 Å². The smallest absolute Gasteiger partial charge is 0.295 e. The van der Waals surface area contributed by atoms with Crippen molar-refractivity contribution in [1.29, 1.82) is 0 Å². The molecule has 0 unspecified atom stereocenters. The maximum absolute atomic E-state index is 13.3. The molecule has 8 nitrogen and oxygen atoms in total. The van der Waals surface area contributed by atoms with Gasteiger partial charge in [0.15, 0.2) is 11.6 Å². The number of amides is 1. The lowest BCUT2D eigenvalue weighted by atomic mass is 9.82. The van der Waals surface area contributed by atoms with Gasteiger partial charge in [-0.2, -0.15) is 0 Å². The molecule has 0 aliphatic heterocycles. The molecule has 0 spiro atoms. The van der Waals surface area contributed by atoms with E-state index in [1.165, 1.54) is 12.1 Å². The average Bonchev–Trinajstić information content (AvgIpc) is 2.82. The first-order valence-corrected chi connectivity index (χ1v) is 9.97. The Bertz CT molecular complexity index is 1540. The molecule has 0 radical (unpaired) electrons. The SMILES string of the molecule is Nc1c([N+](=O)[O-])cc(NC(=O)c2cccc3ccccc23)c2c1C(=O)c1ccccc1C2=O. The Labute approximate surface area is 186 Å². The first-order valence-electron chi connectivity index (χ1n) is 9.97.